The molecule has 2 heterocycles. The van der Waals surface area contributed by atoms with Gasteiger partial charge in [-0.3, -0.25) is 9.89 Å². The van der Waals surface area contributed by atoms with Gasteiger partial charge in [-0.25, -0.2) is 4.79 Å². The van der Waals surface area contributed by atoms with Crippen molar-refractivity contribution in [2.24, 2.45) is 0 Å². The topological polar surface area (TPSA) is 99.9 Å². The van der Waals surface area contributed by atoms with Crippen LogP contribution in [-0.4, -0.2) is 34.2 Å². The van der Waals surface area contributed by atoms with Crippen LogP contribution in [0.5, 0.6) is 0 Å². The molecule has 0 spiro atoms. The lowest BCUT2D eigenvalue weighted by Gasteiger charge is -2.07. The molecule has 0 aliphatic heterocycles. The molecule has 2 aromatic heterocycles. The second-order valence-electron chi connectivity index (χ2n) is 4.92. The Hall–Kier alpha value is -2.61. The first kappa shape index (κ1) is 15.3. The molecule has 3 rings (SSSR count). The second kappa shape index (κ2) is 5.88. The average molecular weight is 377 g/mol. The van der Waals surface area contributed by atoms with Gasteiger partial charge in [-0.1, -0.05) is 0 Å². The predicted molar refractivity (Wildman–Crippen MR) is 88.6 cm³/mol. The first-order valence-electron chi connectivity index (χ1n) is 6.72. The van der Waals surface area contributed by atoms with Crippen molar-refractivity contribution in [2.45, 2.75) is 6.92 Å². The van der Waals surface area contributed by atoms with Crippen molar-refractivity contribution in [3.05, 3.63) is 45.8 Å². The van der Waals surface area contributed by atoms with Gasteiger partial charge in [0, 0.05) is 28.5 Å². The molecule has 0 aliphatic rings. The van der Waals surface area contributed by atoms with E-state index in [1.807, 2.05) is 0 Å². The van der Waals surface area contributed by atoms with E-state index in [1.165, 1.54) is 7.11 Å². The maximum absolute atomic E-state index is 12.3. The number of nitrogens with zero attached hydrogens (tertiary/aromatic N) is 1. The van der Waals surface area contributed by atoms with Crippen LogP contribution in [0, 0.1) is 6.92 Å². The van der Waals surface area contributed by atoms with E-state index in [0.717, 1.165) is 16.6 Å². The van der Waals surface area contributed by atoms with Crippen LogP contribution >= 0.6 is 15.9 Å². The largest absolute Gasteiger partial charge is 0.465 e. The number of carbonyl (C=O) groups excluding carboxylic acids is 2. The Labute approximate surface area is 139 Å². The molecule has 3 N–H and O–H groups in total. The number of hydrogen-bond donors (Lipinski definition) is 3. The minimum Gasteiger partial charge on any atom is -0.465 e. The maximum Gasteiger partial charge on any atom is 0.338 e. The predicted octanol–water partition coefficient (Wildman–Crippen LogP) is 3.00. The van der Waals surface area contributed by atoms with Crippen molar-refractivity contribution in [2.75, 3.05) is 12.4 Å². The Morgan fingerprint density at radius 3 is 2.78 bits per heavy atom. The van der Waals surface area contributed by atoms with E-state index in [0.29, 0.717) is 15.7 Å². The van der Waals surface area contributed by atoms with Crippen LogP contribution in [0.4, 0.5) is 5.69 Å². The van der Waals surface area contributed by atoms with Crippen LogP contribution in [0.3, 0.4) is 0 Å². The molecule has 0 fully saturated rings. The summed E-state index contributed by atoms with van der Waals surface area (Å²) in [5.74, 6) is -0.856. The lowest BCUT2D eigenvalue weighted by Crippen LogP contribution is -2.14. The molecule has 1 amide bonds. The highest BCUT2D eigenvalue weighted by Crippen LogP contribution is 2.25. The third kappa shape index (κ3) is 2.72. The SMILES string of the molecule is COC(=O)c1cc(NC(=O)c2n[nH]c(C)c2Br)cc2[nH]ccc12. The molecular weight excluding hydrogens is 364 g/mol. The van der Waals surface area contributed by atoms with Crippen LogP contribution in [-0.2, 0) is 4.74 Å². The molecule has 0 radical (unpaired) electrons. The van der Waals surface area contributed by atoms with Crippen molar-refractivity contribution >= 4 is 44.4 Å². The number of amides is 1. The quantitative estimate of drug-likeness (QED) is 0.611. The summed E-state index contributed by atoms with van der Waals surface area (Å²) in [6.45, 7) is 1.80. The van der Waals surface area contributed by atoms with Crippen molar-refractivity contribution in [1.82, 2.24) is 15.2 Å². The van der Waals surface area contributed by atoms with Gasteiger partial charge in [0.05, 0.1) is 17.1 Å². The Balaban J connectivity index is 1.98. The number of H-pyrrole nitrogens is 2. The van der Waals surface area contributed by atoms with Gasteiger partial charge >= 0.3 is 5.97 Å². The first-order valence-corrected chi connectivity index (χ1v) is 7.52. The van der Waals surface area contributed by atoms with E-state index < -0.39 is 5.97 Å². The first-order chi connectivity index (χ1) is 11.0. The van der Waals surface area contributed by atoms with Gasteiger partial charge in [-0.2, -0.15) is 5.10 Å². The van der Waals surface area contributed by atoms with Gasteiger partial charge in [0.2, 0.25) is 0 Å². The summed E-state index contributed by atoms with van der Waals surface area (Å²) in [5, 5.41) is 10.1. The summed E-state index contributed by atoms with van der Waals surface area (Å²) in [6.07, 6.45) is 1.72. The molecule has 23 heavy (non-hydrogen) atoms. The fourth-order valence-corrected chi connectivity index (χ4v) is 2.63. The Bertz CT molecular complexity index is 913. The van der Waals surface area contributed by atoms with Gasteiger partial charge < -0.3 is 15.0 Å². The Morgan fingerprint density at radius 2 is 2.13 bits per heavy atom. The highest BCUT2D eigenvalue weighted by Gasteiger charge is 2.18. The van der Waals surface area contributed by atoms with E-state index in [9.17, 15) is 9.59 Å². The highest BCUT2D eigenvalue weighted by atomic mass is 79.9. The summed E-state index contributed by atoms with van der Waals surface area (Å²) < 4.78 is 5.39. The minimum atomic E-state index is -0.470. The lowest BCUT2D eigenvalue weighted by molar-refractivity contribution is 0.0603. The lowest BCUT2D eigenvalue weighted by atomic mass is 10.1. The van der Waals surface area contributed by atoms with Gasteiger partial charge in [0.1, 0.15) is 0 Å². The molecule has 3 aromatic rings. The number of aromatic amines is 2. The molecule has 0 saturated carbocycles. The van der Waals surface area contributed by atoms with Gasteiger partial charge in [0.25, 0.3) is 5.91 Å². The average Bonchev–Trinajstić information content (AvgIpc) is 3.13. The molecule has 0 bridgehead atoms. The summed E-state index contributed by atoms with van der Waals surface area (Å²) in [4.78, 5) is 27.3. The number of halogens is 1. The van der Waals surface area contributed by atoms with Crippen molar-refractivity contribution in [1.29, 1.82) is 0 Å². The summed E-state index contributed by atoms with van der Waals surface area (Å²) in [7, 11) is 1.32. The molecule has 1 aromatic carbocycles. The van der Waals surface area contributed by atoms with Crippen LogP contribution in [0.15, 0.2) is 28.9 Å². The van der Waals surface area contributed by atoms with Gasteiger partial charge in [0.15, 0.2) is 5.69 Å². The van der Waals surface area contributed by atoms with Gasteiger partial charge in [-0.05, 0) is 41.1 Å². The zero-order chi connectivity index (χ0) is 16.6. The number of ether oxygens (including phenoxy) is 1. The number of fused-ring (bicyclic) bond motifs is 1. The molecule has 118 valence electrons. The van der Waals surface area contributed by atoms with Gasteiger partial charge in [-0.15, -0.1) is 0 Å². The fourth-order valence-electron chi connectivity index (χ4n) is 2.27. The number of aryl methyl sites for hydroxylation is 1. The maximum atomic E-state index is 12.3. The summed E-state index contributed by atoms with van der Waals surface area (Å²) in [5.41, 5.74) is 2.57. The standard InChI is InChI=1S/C15H13BrN4O3/c1-7-12(16)13(20-19-7)14(21)18-8-5-10(15(22)23-2)9-3-4-17-11(9)6-8/h3-6,17H,1-2H3,(H,18,21)(H,19,20). The number of methoxy groups -OCH3 is 1. The van der Waals surface area contributed by atoms with Crippen LogP contribution in [0.25, 0.3) is 10.9 Å². The van der Waals surface area contributed by atoms with Crippen molar-refractivity contribution < 1.29 is 14.3 Å². The number of carbonyl (C=O) groups is 2. The number of hydrogen-bond acceptors (Lipinski definition) is 4. The summed E-state index contributed by atoms with van der Waals surface area (Å²) >= 11 is 3.31. The minimum absolute atomic E-state index is 0.244. The Kier molecular flexibility index (Phi) is 3.91. The van der Waals surface area contributed by atoms with E-state index in [2.05, 4.69) is 36.4 Å². The van der Waals surface area contributed by atoms with E-state index >= 15 is 0 Å². The van der Waals surface area contributed by atoms with E-state index in [-0.39, 0.29) is 11.6 Å². The summed E-state index contributed by atoms with van der Waals surface area (Å²) in [6, 6.07) is 5.10. The molecule has 8 heteroatoms. The normalized spacial score (nSPS) is 10.7. The molecular formula is C15H13BrN4O3. The number of nitrogens with one attached hydrogen (secondary N) is 3. The molecule has 0 saturated heterocycles. The second-order valence-corrected chi connectivity index (χ2v) is 5.71. The number of anilines is 1. The van der Waals surface area contributed by atoms with Crippen LogP contribution in [0.1, 0.15) is 26.5 Å². The van der Waals surface area contributed by atoms with E-state index in [1.54, 1.807) is 31.3 Å². The molecule has 7 nitrogen and oxygen atoms in total. The van der Waals surface area contributed by atoms with Crippen molar-refractivity contribution in [3.63, 3.8) is 0 Å². The van der Waals surface area contributed by atoms with Crippen LogP contribution in [0.2, 0.25) is 0 Å². The molecule has 0 atom stereocenters. The fraction of sp³-hybridized carbons (Fsp3) is 0.133. The third-order valence-corrected chi connectivity index (χ3v) is 4.39. The van der Waals surface area contributed by atoms with E-state index in [4.69, 9.17) is 4.74 Å². The molecule has 0 unspecified atom stereocenters. The smallest absolute Gasteiger partial charge is 0.338 e. The van der Waals surface area contributed by atoms with Crippen LogP contribution < -0.4 is 5.32 Å². The number of aromatic nitrogens is 3. The number of esters is 1. The number of rotatable bonds is 3. The zero-order valence-corrected chi connectivity index (χ0v) is 13.9. The monoisotopic (exact) mass is 376 g/mol. The number of benzene rings is 1. The zero-order valence-electron chi connectivity index (χ0n) is 12.4. The molecule has 0 aliphatic carbocycles. The highest BCUT2D eigenvalue weighted by molar-refractivity contribution is 9.10. The Morgan fingerprint density at radius 1 is 1.35 bits per heavy atom. The van der Waals surface area contributed by atoms with Crippen molar-refractivity contribution in [3.8, 4) is 0 Å². The third-order valence-electron chi connectivity index (χ3n) is 3.42.